The highest BCUT2D eigenvalue weighted by Gasteiger charge is 2.25. The van der Waals surface area contributed by atoms with Crippen molar-refractivity contribution in [2.24, 2.45) is 0 Å². The lowest BCUT2D eigenvalue weighted by Gasteiger charge is -2.05. The summed E-state index contributed by atoms with van der Waals surface area (Å²) in [5, 5.41) is 12.8. The van der Waals surface area contributed by atoms with Crippen LogP contribution in [-0.4, -0.2) is 25.8 Å². The summed E-state index contributed by atoms with van der Waals surface area (Å²) in [6.45, 7) is 0. The lowest BCUT2D eigenvalue weighted by molar-refractivity contribution is -0.385. The van der Waals surface area contributed by atoms with E-state index < -0.39 is 16.5 Å². The van der Waals surface area contributed by atoms with Crippen molar-refractivity contribution in [2.45, 2.75) is 0 Å². The van der Waals surface area contributed by atoms with Crippen LogP contribution >= 0.6 is 23.2 Å². The maximum atomic E-state index is 12.0. The monoisotopic (exact) mass is 313 g/mol. The average molecular weight is 314 g/mol. The van der Waals surface area contributed by atoms with Crippen molar-refractivity contribution in [1.29, 1.82) is 0 Å². The molecular weight excluding hydrogens is 309 g/mol. The topological polar surface area (TPSA) is 111 Å². The summed E-state index contributed by atoms with van der Waals surface area (Å²) in [5.41, 5.74) is -0.809. The number of amides is 1. The molecule has 0 saturated carbocycles. The van der Waals surface area contributed by atoms with Crippen LogP contribution in [-0.2, 0) is 0 Å². The fourth-order valence-corrected chi connectivity index (χ4v) is 1.75. The van der Waals surface area contributed by atoms with Gasteiger partial charge < -0.3 is 5.32 Å². The number of nitro groups is 1. The molecule has 0 fully saturated rings. The first kappa shape index (κ1) is 14.1. The van der Waals surface area contributed by atoms with Crippen LogP contribution in [0, 0.1) is 10.1 Å². The molecule has 0 aliphatic heterocycles. The molecule has 20 heavy (non-hydrogen) atoms. The number of pyridine rings is 1. The molecule has 2 heterocycles. The highest BCUT2D eigenvalue weighted by molar-refractivity contribution is 6.32. The van der Waals surface area contributed by atoms with Crippen molar-refractivity contribution < 1.29 is 9.72 Å². The lowest BCUT2D eigenvalue weighted by Crippen LogP contribution is -2.15. The lowest BCUT2D eigenvalue weighted by atomic mass is 10.2. The summed E-state index contributed by atoms with van der Waals surface area (Å²) in [5.74, 6) is -0.645. The van der Waals surface area contributed by atoms with Crippen molar-refractivity contribution >= 4 is 40.6 Å². The minimum Gasteiger partial charge on any atom is -0.306 e. The van der Waals surface area contributed by atoms with Gasteiger partial charge in [0.25, 0.3) is 5.91 Å². The van der Waals surface area contributed by atoms with Crippen LogP contribution in [0.1, 0.15) is 10.4 Å². The van der Waals surface area contributed by atoms with E-state index in [9.17, 15) is 14.9 Å². The second kappa shape index (κ2) is 5.76. The van der Waals surface area contributed by atoms with Crippen molar-refractivity contribution in [1.82, 2.24) is 15.0 Å². The van der Waals surface area contributed by atoms with E-state index in [-0.39, 0.29) is 21.8 Å². The molecule has 2 aromatic heterocycles. The van der Waals surface area contributed by atoms with Crippen LogP contribution in [0.2, 0.25) is 10.4 Å². The molecule has 1 N–H and O–H groups in total. The normalized spacial score (nSPS) is 10.1. The number of aromatic nitrogens is 3. The molecule has 0 aliphatic carbocycles. The van der Waals surface area contributed by atoms with Gasteiger partial charge in [0.2, 0.25) is 10.4 Å². The molecule has 0 aliphatic rings. The number of nitrogens with zero attached hydrogens (tertiary/aromatic N) is 4. The van der Waals surface area contributed by atoms with E-state index in [1.165, 1.54) is 24.5 Å². The first-order valence-corrected chi connectivity index (χ1v) is 5.83. The molecule has 1 amide bonds. The Morgan fingerprint density at radius 2 is 1.95 bits per heavy atom. The van der Waals surface area contributed by atoms with E-state index >= 15 is 0 Å². The number of anilines is 1. The Labute approximate surface area is 121 Å². The number of carbonyl (C=O) groups is 1. The number of hydrogen-bond acceptors (Lipinski definition) is 6. The zero-order valence-corrected chi connectivity index (χ0v) is 11.1. The average Bonchev–Trinajstić information content (AvgIpc) is 2.37. The summed E-state index contributed by atoms with van der Waals surface area (Å²) < 4.78 is 0. The molecule has 2 rings (SSSR count). The van der Waals surface area contributed by atoms with Crippen LogP contribution in [0.5, 0.6) is 0 Å². The third-order valence-corrected chi connectivity index (χ3v) is 2.63. The van der Waals surface area contributed by atoms with E-state index in [1.54, 1.807) is 0 Å². The molecule has 0 aromatic carbocycles. The Kier molecular flexibility index (Phi) is 4.06. The maximum absolute atomic E-state index is 12.0. The second-order valence-electron chi connectivity index (χ2n) is 3.42. The molecule has 102 valence electrons. The Morgan fingerprint density at radius 1 is 1.25 bits per heavy atom. The fourth-order valence-electron chi connectivity index (χ4n) is 1.37. The van der Waals surface area contributed by atoms with Crippen molar-refractivity contribution in [3.63, 3.8) is 0 Å². The van der Waals surface area contributed by atoms with E-state index in [0.717, 1.165) is 0 Å². The van der Waals surface area contributed by atoms with Gasteiger partial charge in [0.15, 0.2) is 0 Å². The van der Waals surface area contributed by atoms with Gasteiger partial charge in [0.1, 0.15) is 11.4 Å². The highest BCUT2D eigenvalue weighted by Crippen LogP contribution is 2.26. The third kappa shape index (κ3) is 2.98. The minimum atomic E-state index is -0.781. The van der Waals surface area contributed by atoms with Gasteiger partial charge in [0.05, 0.1) is 4.92 Å². The fraction of sp³-hybridized carbons (Fsp3) is 0. The molecule has 0 bridgehead atoms. The summed E-state index contributed by atoms with van der Waals surface area (Å²) in [6.07, 6.45) is 2.52. The zero-order chi connectivity index (χ0) is 14.7. The van der Waals surface area contributed by atoms with Crippen LogP contribution in [0.25, 0.3) is 0 Å². The smallest absolute Gasteiger partial charge is 0.306 e. The summed E-state index contributed by atoms with van der Waals surface area (Å²) >= 11 is 11.2. The quantitative estimate of drug-likeness (QED) is 0.403. The molecular formula is C10H5Cl2N5O3. The van der Waals surface area contributed by atoms with Gasteiger partial charge >= 0.3 is 5.69 Å². The number of nitrogens with one attached hydrogen (secondary N) is 1. The standard InChI is InChI=1S/C10H5Cl2N5O3/c11-8-7(17(19)20)5(1-3-13-8)9(18)15-6-2-4-14-10(12)16-6/h1-4H,(H,14,15,16,18). The van der Waals surface area contributed by atoms with Gasteiger partial charge in [-0.25, -0.2) is 15.0 Å². The van der Waals surface area contributed by atoms with Crippen molar-refractivity contribution in [2.75, 3.05) is 5.32 Å². The Hall–Kier alpha value is -2.32. The van der Waals surface area contributed by atoms with Crippen molar-refractivity contribution in [3.05, 3.63) is 50.6 Å². The molecule has 0 saturated heterocycles. The van der Waals surface area contributed by atoms with E-state index in [0.29, 0.717) is 0 Å². The summed E-state index contributed by atoms with van der Waals surface area (Å²) in [7, 11) is 0. The molecule has 0 spiro atoms. The van der Waals surface area contributed by atoms with Gasteiger partial charge in [-0.2, -0.15) is 0 Å². The number of hydrogen-bond donors (Lipinski definition) is 1. The molecule has 10 heteroatoms. The van der Waals surface area contributed by atoms with Crippen LogP contribution < -0.4 is 5.32 Å². The van der Waals surface area contributed by atoms with Gasteiger partial charge in [-0.05, 0) is 23.7 Å². The Morgan fingerprint density at radius 3 is 2.60 bits per heavy atom. The number of halogens is 2. The molecule has 2 aromatic rings. The molecule has 8 nitrogen and oxygen atoms in total. The first-order chi connectivity index (χ1) is 9.49. The Bertz CT molecular complexity index is 694. The molecule has 0 radical (unpaired) electrons. The Balaban J connectivity index is 2.35. The van der Waals surface area contributed by atoms with E-state index in [4.69, 9.17) is 23.2 Å². The van der Waals surface area contributed by atoms with Crippen LogP contribution in [0.4, 0.5) is 11.5 Å². The zero-order valence-electron chi connectivity index (χ0n) is 9.58. The summed E-state index contributed by atoms with van der Waals surface area (Å²) in [6, 6.07) is 2.57. The van der Waals surface area contributed by atoms with Crippen LogP contribution in [0.3, 0.4) is 0 Å². The SMILES string of the molecule is O=C(Nc1ccnc(Cl)n1)c1ccnc(Cl)c1[N+](=O)[O-]. The molecule has 0 atom stereocenters. The highest BCUT2D eigenvalue weighted by atomic mass is 35.5. The van der Waals surface area contributed by atoms with Gasteiger partial charge in [0, 0.05) is 12.4 Å². The van der Waals surface area contributed by atoms with E-state index in [2.05, 4.69) is 20.3 Å². The van der Waals surface area contributed by atoms with Crippen LogP contribution in [0.15, 0.2) is 24.5 Å². The third-order valence-electron chi connectivity index (χ3n) is 2.17. The number of rotatable bonds is 3. The minimum absolute atomic E-state index is 0.0648. The first-order valence-electron chi connectivity index (χ1n) is 5.08. The van der Waals surface area contributed by atoms with Gasteiger partial charge in [-0.1, -0.05) is 11.6 Å². The van der Waals surface area contributed by atoms with Crippen molar-refractivity contribution in [3.8, 4) is 0 Å². The largest absolute Gasteiger partial charge is 0.319 e. The van der Waals surface area contributed by atoms with E-state index in [1.807, 2.05) is 0 Å². The maximum Gasteiger partial charge on any atom is 0.319 e. The predicted octanol–water partition coefficient (Wildman–Crippen LogP) is 2.34. The second-order valence-corrected chi connectivity index (χ2v) is 4.12. The van der Waals surface area contributed by atoms with Gasteiger partial charge in [-0.3, -0.25) is 14.9 Å². The molecule has 0 unspecified atom stereocenters. The number of carbonyl (C=O) groups excluding carboxylic acids is 1. The van der Waals surface area contributed by atoms with Gasteiger partial charge in [-0.15, -0.1) is 0 Å². The summed E-state index contributed by atoms with van der Waals surface area (Å²) in [4.78, 5) is 33.1. The predicted molar refractivity (Wildman–Crippen MR) is 70.9 cm³/mol.